The lowest BCUT2D eigenvalue weighted by molar-refractivity contribution is -0.0517. The normalized spacial score (nSPS) is 19.5. The van der Waals surface area contributed by atoms with Crippen LogP contribution in [0.4, 0.5) is 0 Å². The number of rotatable bonds is 8. The molecular weight excluding hydrogens is 322 g/mol. The number of β-amino-alcohol motifs (C(OH)–C–C–N with tert-alkyl or cyclic N) is 1. The van der Waals surface area contributed by atoms with Crippen molar-refractivity contribution in [3.63, 3.8) is 0 Å². The number of aromatic nitrogens is 2. The number of hydrogen-bond donors (Lipinski definition) is 1. The van der Waals surface area contributed by atoms with Gasteiger partial charge in [0.25, 0.3) is 0 Å². The average molecular weight is 347 g/mol. The summed E-state index contributed by atoms with van der Waals surface area (Å²) in [4.78, 5) is 2.21. The summed E-state index contributed by atoms with van der Waals surface area (Å²) in [6.07, 6.45) is 3.23. The summed E-state index contributed by atoms with van der Waals surface area (Å²) in [7, 11) is 1.63. The third kappa shape index (κ3) is 5.45. The van der Waals surface area contributed by atoms with Crippen molar-refractivity contribution in [1.82, 2.24) is 14.7 Å². The summed E-state index contributed by atoms with van der Waals surface area (Å²) >= 11 is 0. The SMILES string of the molecule is COc1ccc(OCC(O)CN2CCOC(Cn3cccn3)C2)cc1. The molecule has 0 spiro atoms. The Kier molecular flexibility index (Phi) is 6.27. The molecule has 7 heteroatoms. The van der Waals surface area contributed by atoms with Crippen LogP contribution in [0.1, 0.15) is 0 Å². The highest BCUT2D eigenvalue weighted by Crippen LogP contribution is 2.17. The van der Waals surface area contributed by atoms with Crippen molar-refractivity contribution in [2.75, 3.05) is 40.0 Å². The molecular formula is C18H25N3O4. The van der Waals surface area contributed by atoms with Gasteiger partial charge >= 0.3 is 0 Å². The fraction of sp³-hybridized carbons (Fsp3) is 0.500. The first kappa shape index (κ1) is 17.7. The second kappa shape index (κ2) is 8.84. The first-order valence-corrected chi connectivity index (χ1v) is 8.49. The number of nitrogens with zero attached hydrogens (tertiary/aromatic N) is 3. The van der Waals surface area contributed by atoms with Gasteiger partial charge in [-0.05, 0) is 30.3 Å². The first-order valence-electron chi connectivity index (χ1n) is 8.49. The van der Waals surface area contributed by atoms with Crippen LogP contribution in [0.25, 0.3) is 0 Å². The number of benzene rings is 1. The van der Waals surface area contributed by atoms with Crippen molar-refractivity contribution in [2.45, 2.75) is 18.8 Å². The molecule has 0 aliphatic carbocycles. The third-order valence-corrected chi connectivity index (χ3v) is 4.14. The van der Waals surface area contributed by atoms with Crippen molar-refractivity contribution in [3.8, 4) is 11.5 Å². The highest BCUT2D eigenvalue weighted by molar-refractivity contribution is 5.31. The van der Waals surface area contributed by atoms with Crippen LogP contribution in [0, 0.1) is 0 Å². The number of aliphatic hydroxyl groups excluding tert-OH is 1. The van der Waals surface area contributed by atoms with E-state index in [1.165, 1.54) is 0 Å². The van der Waals surface area contributed by atoms with E-state index in [0.717, 1.165) is 31.1 Å². The van der Waals surface area contributed by atoms with Crippen LogP contribution in [-0.2, 0) is 11.3 Å². The zero-order valence-corrected chi connectivity index (χ0v) is 14.5. The van der Waals surface area contributed by atoms with Crippen molar-refractivity contribution in [2.24, 2.45) is 0 Å². The molecule has 0 radical (unpaired) electrons. The van der Waals surface area contributed by atoms with Gasteiger partial charge in [-0.15, -0.1) is 0 Å². The maximum Gasteiger partial charge on any atom is 0.119 e. The predicted molar refractivity (Wildman–Crippen MR) is 92.9 cm³/mol. The molecule has 0 saturated carbocycles. The highest BCUT2D eigenvalue weighted by atomic mass is 16.5. The highest BCUT2D eigenvalue weighted by Gasteiger charge is 2.23. The molecule has 136 valence electrons. The van der Waals surface area contributed by atoms with Gasteiger partial charge in [-0.3, -0.25) is 9.58 Å². The van der Waals surface area contributed by atoms with Gasteiger partial charge < -0.3 is 19.3 Å². The Morgan fingerprint density at radius 3 is 2.84 bits per heavy atom. The van der Waals surface area contributed by atoms with E-state index in [-0.39, 0.29) is 12.7 Å². The molecule has 1 aromatic heterocycles. The minimum atomic E-state index is -0.550. The summed E-state index contributed by atoms with van der Waals surface area (Å²) in [6, 6.07) is 9.24. The Morgan fingerprint density at radius 1 is 1.32 bits per heavy atom. The molecule has 1 aliphatic rings. The van der Waals surface area contributed by atoms with Gasteiger partial charge in [0.1, 0.15) is 24.2 Å². The van der Waals surface area contributed by atoms with Crippen molar-refractivity contribution >= 4 is 0 Å². The molecule has 2 unspecified atom stereocenters. The van der Waals surface area contributed by atoms with Crippen LogP contribution in [0.5, 0.6) is 11.5 Å². The van der Waals surface area contributed by atoms with Gasteiger partial charge in [-0.1, -0.05) is 0 Å². The van der Waals surface area contributed by atoms with E-state index in [9.17, 15) is 5.11 Å². The molecule has 2 aromatic rings. The molecule has 1 aromatic carbocycles. The second-order valence-corrected chi connectivity index (χ2v) is 6.12. The quantitative estimate of drug-likeness (QED) is 0.769. The van der Waals surface area contributed by atoms with Crippen molar-refractivity contribution in [3.05, 3.63) is 42.7 Å². The fourth-order valence-electron chi connectivity index (χ4n) is 2.89. The lowest BCUT2D eigenvalue weighted by Crippen LogP contribution is -2.47. The van der Waals surface area contributed by atoms with Gasteiger partial charge in [0, 0.05) is 32.0 Å². The molecule has 1 saturated heterocycles. The Balaban J connectivity index is 1.41. The first-order chi connectivity index (χ1) is 12.2. The van der Waals surface area contributed by atoms with Crippen molar-refractivity contribution < 1.29 is 19.3 Å². The van der Waals surface area contributed by atoms with Crippen molar-refractivity contribution in [1.29, 1.82) is 0 Å². The smallest absolute Gasteiger partial charge is 0.119 e. The molecule has 1 fully saturated rings. The molecule has 1 aliphatic heterocycles. The number of ether oxygens (including phenoxy) is 3. The number of hydrogen-bond acceptors (Lipinski definition) is 6. The van der Waals surface area contributed by atoms with Crippen LogP contribution in [-0.4, -0.2) is 72.0 Å². The topological polar surface area (TPSA) is 69.0 Å². The van der Waals surface area contributed by atoms with Crippen LogP contribution in [0.2, 0.25) is 0 Å². The van der Waals surface area contributed by atoms with Crippen LogP contribution in [0.15, 0.2) is 42.7 Å². The van der Waals surface area contributed by atoms with Crippen LogP contribution in [0.3, 0.4) is 0 Å². The van der Waals surface area contributed by atoms with E-state index >= 15 is 0 Å². The molecule has 0 bridgehead atoms. The van der Waals surface area contributed by atoms with E-state index in [4.69, 9.17) is 14.2 Å². The molecule has 0 amide bonds. The van der Waals surface area contributed by atoms with Crippen LogP contribution >= 0.6 is 0 Å². The summed E-state index contributed by atoms with van der Waals surface area (Å²) < 4.78 is 18.4. The lowest BCUT2D eigenvalue weighted by atomic mass is 10.2. The molecule has 2 heterocycles. The van der Waals surface area contributed by atoms with Gasteiger partial charge in [-0.25, -0.2) is 0 Å². The van der Waals surface area contributed by atoms with Gasteiger partial charge in [0.05, 0.1) is 26.4 Å². The number of methoxy groups -OCH3 is 1. The van der Waals surface area contributed by atoms with Gasteiger partial charge in [0.2, 0.25) is 0 Å². The zero-order chi connectivity index (χ0) is 17.5. The van der Waals surface area contributed by atoms with Gasteiger partial charge in [0.15, 0.2) is 0 Å². The number of morpholine rings is 1. The minimum absolute atomic E-state index is 0.0864. The monoisotopic (exact) mass is 347 g/mol. The van der Waals surface area contributed by atoms with E-state index < -0.39 is 6.10 Å². The summed E-state index contributed by atoms with van der Waals surface area (Å²) in [5.74, 6) is 1.50. The molecule has 3 rings (SSSR count). The second-order valence-electron chi connectivity index (χ2n) is 6.12. The largest absolute Gasteiger partial charge is 0.497 e. The Labute approximate surface area is 147 Å². The minimum Gasteiger partial charge on any atom is -0.497 e. The maximum atomic E-state index is 10.3. The van der Waals surface area contributed by atoms with E-state index in [2.05, 4.69) is 10.00 Å². The summed E-state index contributed by atoms with van der Waals surface area (Å²) in [5.41, 5.74) is 0. The maximum absolute atomic E-state index is 10.3. The predicted octanol–water partition coefficient (Wildman–Crippen LogP) is 1.03. The molecule has 7 nitrogen and oxygen atoms in total. The van der Waals surface area contributed by atoms with E-state index in [0.29, 0.717) is 13.2 Å². The molecule has 25 heavy (non-hydrogen) atoms. The molecule has 1 N–H and O–H groups in total. The zero-order valence-electron chi connectivity index (χ0n) is 14.5. The van der Waals surface area contributed by atoms with Gasteiger partial charge in [-0.2, -0.15) is 5.10 Å². The van der Waals surface area contributed by atoms with Crippen LogP contribution < -0.4 is 9.47 Å². The third-order valence-electron chi connectivity index (χ3n) is 4.14. The number of aliphatic hydroxyl groups is 1. The summed E-state index contributed by atoms with van der Waals surface area (Å²) in [5, 5.41) is 14.5. The molecule has 2 atom stereocenters. The Morgan fingerprint density at radius 2 is 2.12 bits per heavy atom. The van der Waals surface area contributed by atoms with E-state index in [1.807, 2.05) is 41.2 Å². The fourth-order valence-corrected chi connectivity index (χ4v) is 2.89. The Hall–Kier alpha value is -2.09. The summed E-state index contributed by atoms with van der Waals surface area (Å²) in [6.45, 7) is 3.80. The lowest BCUT2D eigenvalue weighted by Gasteiger charge is -2.33. The standard InChI is InChI=1S/C18H25N3O4/c1-23-16-3-5-17(6-4-16)25-14-15(22)11-20-9-10-24-18(12-20)13-21-8-2-7-19-21/h2-8,15,18,22H,9-14H2,1H3. The van der Waals surface area contributed by atoms with E-state index in [1.54, 1.807) is 13.3 Å². The Bertz CT molecular complexity index is 618. The average Bonchev–Trinajstić information content (AvgIpc) is 3.14.